The molecule has 0 unspecified atom stereocenters. The Morgan fingerprint density at radius 1 is 1.14 bits per heavy atom. The molecule has 2 rings (SSSR count). The van der Waals surface area contributed by atoms with Crippen molar-refractivity contribution in [2.24, 2.45) is 5.92 Å². The van der Waals surface area contributed by atoms with E-state index < -0.39 is 41.6 Å². The molecule has 7 heteroatoms. The van der Waals surface area contributed by atoms with Crippen molar-refractivity contribution >= 4 is 23.6 Å². The molecule has 1 heterocycles. The van der Waals surface area contributed by atoms with E-state index in [4.69, 9.17) is 4.74 Å². The van der Waals surface area contributed by atoms with E-state index in [2.05, 4.69) is 0 Å². The third-order valence-electron chi connectivity index (χ3n) is 4.90. The molecular formula is C21H26FNO5. The highest BCUT2D eigenvalue weighted by Gasteiger charge is 2.61. The first-order valence-corrected chi connectivity index (χ1v) is 9.68. The van der Waals surface area contributed by atoms with Gasteiger partial charge in [-0.3, -0.25) is 19.3 Å². The second-order valence-corrected chi connectivity index (χ2v) is 6.83. The van der Waals surface area contributed by atoms with Gasteiger partial charge >= 0.3 is 5.97 Å². The summed E-state index contributed by atoms with van der Waals surface area (Å²) in [5, 5.41) is 0. The molecule has 0 aliphatic carbocycles. The standard InChI is InChI=1S/C21H26FNO5/c1-3-5-6-10-13-23-17(24)14-16(19(23)26)21(22,20(27)28-4-2)18(25)15-11-8-7-9-12-15/h7-9,11-12,16H,3-6,10,13-14H2,1-2H3/t16-,21+/m0/s1. The lowest BCUT2D eigenvalue weighted by molar-refractivity contribution is -0.160. The van der Waals surface area contributed by atoms with Gasteiger partial charge in [0.15, 0.2) is 0 Å². The zero-order chi connectivity index (χ0) is 20.7. The van der Waals surface area contributed by atoms with E-state index in [1.54, 1.807) is 6.07 Å². The molecule has 6 nitrogen and oxygen atoms in total. The van der Waals surface area contributed by atoms with Gasteiger partial charge in [-0.15, -0.1) is 0 Å². The van der Waals surface area contributed by atoms with Gasteiger partial charge in [-0.25, -0.2) is 9.18 Å². The predicted molar refractivity (Wildman–Crippen MR) is 100 cm³/mol. The number of ether oxygens (including phenoxy) is 1. The topological polar surface area (TPSA) is 80.8 Å². The first kappa shape index (κ1) is 21.7. The molecule has 1 fully saturated rings. The Labute approximate surface area is 164 Å². The largest absolute Gasteiger partial charge is 0.463 e. The number of rotatable bonds is 10. The summed E-state index contributed by atoms with van der Waals surface area (Å²) in [4.78, 5) is 51.4. The number of amides is 2. The molecule has 0 aromatic heterocycles. The van der Waals surface area contributed by atoms with E-state index in [1.165, 1.54) is 31.2 Å². The molecule has 2 atom stereocenters. The summed E-state index contributed by atoms with van der Waals surface area (Å²) in [5.74, 6) is -5.70. The van der Waals surface area contributed by atoms with Crippen LogP contribution in [0.5, 0.6) is 0 Å². The van der Waals surface area contributed by atoms with Crippen LogP contribution in [-0.4, -0.2) is 47.3 Å². The molecule has 28 heavy (non-hydrogen) atoms. The second kappa shape index (κ2) is 9.57. The third-order valence-corrected chi connectivity index (χ3v) is 4.90. The lowest BCUT2D eigenvalue weighted by atomic mass is 9.81. The normalized spacial score (nSPS) is 18.8. The van der Waals surface area contributed by atoms with Gasteiger partial charge in [-0.1, -0.05) is 56.5 Å². The number of nitrogens with zero attached hydrogens (tertiary/aromatic N) is 1. The maximum atomic E-state index is 16.0. The number of halogens is 1. The van der Waals surface area contributed by atoms with Crippen LogP contribution in [0.3, 0.4) is 0 Å². The van der Waals surface area contributed by atoms with Gasteiger partial charge < -0.3 is 4.74 Å². The van der Waals surface area contributed by atoms with Crippen molar-refractivity contribution in [3.63, 3.8) is 0 Å². The summed E-state index contributed by atoms with van der Waals surface area (Å²) in [6, 6.07) is 7.42. The molecule has 0 spiro atoms. The second-order valence-electron chi connectivity index (χ2n) is 6.83. The van der Waals surface area contributed by atoms with Gasteiger partial charge in [0.1, 0.15) is 5.92 Å². The molecule has 1 aromatic carbocycles. The van der Waals surface area contributed by atoms with E-state index in [0.29, 0.717) is 6.42 Å². The van der Waals surface area contributed by atoms with E-state index >= 15 is 4.39 Å². The fraction of sp³-hybridized carbons (Fsp3) is 0.524. The molecule has 0 saturated carbocycles. The quantitative estimate of drug-likeness (QED) is 0.201. The van der Waals surface area contributed by atoms with Crippen LogP contribution in [0.1, 0.15) is 56.3 Å². The number of Topliss-reactive ketones (excluding diaryl/α,β-unsaturated/α-hetero) is 1. The van der Waals surface area contributed by atoms with Gasteiger partial charge in [-0.05, 0) is 13.3 Å². The molecule has 0 radical (unpaired) electrons. The molecule has 152 valence electrons. The maximum absolute atomic E-state index is 16.0. The molecule has 1 aliphatic rings. The van der Waals surface area contributed by atoms with Crippen molar-refractivity contribution in [1.82, 2.24) is 4.90 Å². The van der Waals surface area contributed by atoms with Crippen LogP contribution in [0.4, 0.5) is 4.39 Å². The maximum Gasteiger partial charge on any atom is 0.353 e. The van der Waals surface area contributed by atoms with Crippen molar-refractivity contribution in [1.29, 1.82) is 0 Å². The van der Waals surface area contributed by atoms with Crippen LogP contribution in [0.2, 0.25) is 0 Å². The van der Waals surface area contributed by atoms with Gasteiger partial charge in [0, 0.05) is 18.5 Å². The molecule has 1 aromatic rings. The van der Waals surface area contributed by atoms with Gasteiger partial charge in [0.2, 0.25) is 17.6 Å². The van der Waals surface area contributed by atoms with Gasteiger partial charge in [0.25, 0.3) is 5.67 Å². The summed E-state index contributed by atoms with van der Waals surface area (Å²) >= 11 is 0. The number of benzene rings is 1. The monoisotopic (exact) mass is 391 g/mol. The van der Waals surface area contributed by atoms with E-state index in [9.17, 15) is 19.2 Å². The Morgan fingerprint density at radius 2 is 1.82 bits per heavy atom. The number of ketones is 1. The Morgan fingerprint density at radius 3 is 2.43 bits per heavy atom. The Hall–Kier alpha value is -2.57. The zero-order valence-corrected chi connectivity index (χ0v) is 16.3. The minimum atomic E-state index is -3.23. The summed E-state index contributed by atoms with van der Waals surface area (Å²) in [6.45, 7) is 3.52. The first-order chi connectivity index (χ1) is 13.4. The predicted octanol–water partition coefficient (Wildman–Crippen LogP) is 3.10. The number of carbonyl (C=O) groups is 4. The summed E-state index contributed by atoms with van der Waals surface area (Å²) in [5.41, 5.74) is -3.29. The Balaban J connectivity index is 2.31. The highest BCUT2D eigenvalue weighted by Crippen LogP contribution is 2.37. The SMILES string of the molecule is CCCCCCN1C(=O)C[C@H]([C@](F)(C(=O)OCC)C(=O)c2ccccc2)C1=O. The van der Waals surface area contributed by atoms with Gasteiger partial charge in [-0.2, -0.15) is 0 Å². The minimum absolute atomic E-state index is 0.0558. The number of likely N-dealkylation sites (tertiary alicyclic amines) is 1. The van der Waals surface area contributed by atoms with Crippen LogP contribution in [0, 0.1) is 5.92 Å². The van der Waals surface area contributed by atoms with E-state index in [0.717, 1.165) is 24.2 Å². The van der Waals surface area contributed by atoms with Crippen molar-refractivity contribution in [3.8, 4) is 0 Å². The third kappa shape index (κ3) is 4.29. The Kier molecular flexibility index (Phi) is 7.43. The average molecular weight is 391 g/mol. The fourth-order valence-corrected chi connectivity index (χ4v) is 3.35. The van der Waals surface area contributed by atoms with Crippen molar-refractivity contribution in [2.75, 3.05) is 13.2 Å². The number of hydrogen-bond donors (Lipinski definition) is 0. The van der Waals surface area contributed by atoms with Crippen molar-refractivity contribution in [2.45, 2.75) is 51.6 Å². The molecule has 1 aliphatic heterocycles. The zero-order valence-electron chi connectivity index (χ0n) is 16.3. The lowest BCUT2D eigenvalue weighted by Gasteiger charge is -2.26. The molecular weight excluding hydrogens is 365 g/mol. The van der Waals surface area contributed by atoms with E-state index in [-0.39, 0.29) is 18.7 Å². The number of hydrogen-bond acceptors (Lipinski definition) is 5. The van der Waals surface area contributed by atoms with E-state index in [1.807, 2.05) is 6.92 Å². The summed E-state index contributed by atoms with van der Waals surface area (Å²) < 4.78 is 20.8. The highest BCUT2D eigenvalue weighted by atomic mass is 19.1. The molecule has 0 bridgehead atoms. The number of esters is 1. The highest BCUT2D eigenvalue weighted by molar-refractivity contribution is 6.20. The van der Waals surface area contributed by atoms with Crippen molar-refractivity contribution < 1.29 is 28.3 Å². The number of imide groups is 1. The van der Waals surface area contributed by atoms with Crippen LogP contribution >= 0.6 is 0 Å². The molecule has 1 saturated heterocycles. The molecule has 2 amide bonds. The summed E-state index contributed by atoms with van der Waals surface area (Å²) in [7, 11) is 0. The van der Waals surface area contributed by atoms with Crippen LogP contribution in [0.25, 0.3) is 0 Å². The van der Waals surface area contributed by atoms with Crippen LogP contribution in [0.15, 0.2) is 30.3 Å². The lowest BCUT2D eigenvalue weighted by Crippen LogP contribution is -2.52. The number of unbranched alkanes of at least 4 members (excludes halogenated alkanes) is 3. The smallest absolute Gasteiger partial charge is 0.353 e. The molecule has 0 N–H and O–H groups in total. The first-order valence-electron chi connectivity index (χ1n) is 9.68. The summed E-state index contributed by atoms with van der Waals surface area (Å²) in [6.07, 6.45) is 2.86. The average Bonchev–Trinajstić information content (AvgIpc) is 2.99. The van der Waals surface area contributed by atoms with Gasteiger partial charge in [0.05, 0.1) is 6.61 Å². The fourth-order valence-electron chi connectivity index (χ4n) is 3.35. The van der Waals surface area contributed by atoms with Crippen LogP contribution < -0.4 is 0 Å². The van der Waals surface area contributed by atoms with Crippen molar-refractivity contribution in [3.05, 3.63) is 35.9 Å². The number of carbonyl (C=O) groups excluding carboxylic acids is 4. The Bertz CT molecular complexity index is 736. The van der Waals surface area contributed by atoms with Crippen LogP contribution in [-0.2, 0) is 19.1 Å². The number of alkyl halides is 1. The minimum Gasteiger partial charge on any atom is -0.463 e.